The van der Waals surface area contributed by atoms with Crippen LogP contribution >= 0.6 is 0 Å². The first-order valence-electron chi connectivity index (χ1n) is 9.17. The van der Waals surface area contributed by atoms with Crippen molar-refractivity contribution >= 4 is 17.5 Å². The third-order valence-corrected chi connectivity index (χ3v) is 3.78. The molecule has 0 aromatic heterocycles. The number of carbonyl (C=O) groups excluding carboxylic acids is 2. The third-order valence-electron chi connectivity index (χ3n) is 3.78. The van der Waals surface area contributed by atoms with Gasteiger partial charge in [-0.25, -0.2) is 0 Å². The number of nitrogens with one attached hydrogen (secondary N) is 2. The Morgan fingerprint density at radius 1 is 0.857 bits per heavy atom. The zero-order valence-corrected chi connectivity index (χ0v) is 16.2. The van der Waals surface area contributed by atoms with Gasteiger partial charge in [0, 0.05) is 5.69 Å². The van der Waals surface area contributed by atoms with Crippen molar-refractivity contribution in [2.45, 2.75) is 19.8 Å². The molecule has 7 heteroatoms. The van der Waals surface area contributed by atoms with E-state index in [-0.39, 0.29) is 25.0 Å². The van der Waals surface area contributed by atoms with Gasteiger partial charge in [-0.1, -0.05) is 13.3 Å². The van der Waals surface area contributed by atoms with Gasteiger partial charge in [-0.15, -0.1) is 0 Å². The number of amides is 2. The maximum Gasteiger partial charge on any atom is 0.258 e. The molecule has 150 valence electrons. The Balaban J connectivity index is 1.67. The lowest BCUT2D eigenvalue weighted by Gasteiger charge is -2.09. The van der Waals surface area contributed by atoms with Crippen LogP contribution in [0.5, 0.6) is 17.2 Å². The highest BCUT2D eigenvalue weighted by atomic mass is 16.5. The lowest BCUT2D eigenvalue weighted by atomic mass is 10.3. The Kier molecular flexibility index (Phi) is 8.65. The molecule has 7 nitrogen and oxygen atoms in total. The molecule has 0 aliphatic heterocycles. The SMILES string of the molecule is CCCCOc1ccc(NC(=O)CNC(=O)COc2ccc(OC)cc2)cc1. The number of methoxy groups -OCH3 is 1. The molecule has 0 unspecified atom stereocenters. The van der Waals surface area contributed by atoms with E-state index in [1.54, 1.807) is 55.6 Å². The molecule has 28 heavy (non-hydrogen) atoms. The summed E-state index contributed by atoms with van der Waals surface area (Å²) in [5, 5.41) is 5.23. The van der Waals surface area contributed by atoms with Crippen LogP contribution in [0.1, 0.15) is 19.8 Å². The summed E-state index contributed by atoms with van der Waals surface area (Å²) in [6.45, 7) is 2.46. The molecule has 0 fully saturated rings. The average molecular weight is 386 g/mol. The quantitative estimate of drug-likeness (QED) is 0.580. The van der Waals surface area contributed by atoms with Crippen LogP contribution in [-0.2, 0) is 9.59 Å². The molecule has 0 atom stereocenters. The minimum Gasteiger partial charge on any atom is -0.497 e. The lowest BCUT2D eigenvalue weighted by Crippen LogP contribution is -2.35. The summed E-state index contributed by atoms with van der Waals surface area (Å²) in [6, 6.07) is 14.0. The van der Waals surface area contributed by atoms with E-state index in [4.69, 9.17) is 14.2 Å². The molecule has 2 amide bonds. The van der Waals surface area contributed by atoms with Gasteiger partial charge in [0.1, 0.15) is 17.2 Å². The van der Waals surface area contributed by atoms with Crippen molar-refractivity contribution < 1.29 is 23.8 Å². The molecule has 0 aliphatic rings. The second-order valence-corrected chi connectivity index (χ2v) is 6.02. The number of ether oxygens (including phenoxy) is 3. The Hall–Kier alpha value is -3.22. The second kappa shape index (κ2) is 11.5. The fraction of sp³-hybridized carbons (Fsp3) is 0.333. The maximum absolute atomic E-state index is 11.9. The van der Waals surface area contributed by atoms with Crippen molar-refractivity contribution in [3.8, 4) is 17.2 Å². The summed E-state index contributed by atoms with van der Waals surface area (Å²) < 4.78 is 16.0. The fourth-order valence-corrected chi connectivity index (χ4v) is 2.22. The van der Waals surface area contributed by atoms with Crippen LogP contribution < -0.4 is 24.8 Å². The Morgan fingerprint density at radius 2 is 1.46 bits per heavy atom. The van der Waals surface area contributed by atoms with Gasteiger partial charge in [-0.05, 0) is 55.0 Å². The standard InChI is InChI=1S/C21H26N2O5/c1-3-4-13-27-18-7-5-16(6-8-18)23-20(24)14-22-21(25)15-28-19-11-9-17(26-2)10-12-19/h5-12H,3-4,13-15H2,1-2H3,(H,22,25)(H,23,24). The van der Waals surface area contributed by atoms with E-state index in [2.05, 4.69) is 17.6 Å². The van der Waals surface area contributed by atoms with Crippen LogP contribution in [0.2, 0.25) is 0 Å². The van der Waals surface area contributed by atoms with Crippen molar-refractivity contribution in [3.63, 3.8) is 0 Å². The summed E-state index contributed by atoms with van der Waals surface area (Å²) in [6.07, 6.45) is 2.07. The molecule has 2 N–H and O–H groups in total. The summed E-state index contributed by atoms with van der Waals surface area (Å²) in [5.41, 5.74) is 0.636. The van der Waals surface area contributed by atoms with Crippen LogP contribution in [0.15, 0.2) is 48.5 Å². The number of rotatable bonds is 11. The van der Waals surface area contributed by atoms with E-state index in [9.17, 15) is 9.59 Å². The van der Waals surface area contributed by atoms with Crippen LogP contribution in [-0.4, -0.2) is 38.7 Å². The Morgan fingerprint density at radius 3 is 2.11 bits per heavy atom. The van der Waals surface area contributed by atoms with Gasteiger partial charge in [0.05, 0.1) is 20.3 Å². The number of anilines is 1. The van der Waals surface area contributed by atoms with Gasteiger partial charge >= 0.3 is 0 Å². The Labute approximate surface area is 165 Å². The highest BCUT2D eigenvalue weighted by Gasteiger charge is 2.07. The average Bonchev–Trinajstić information content (AvgIpc) is 2.72. The zero-order valence-electron chi connectivity index (χ0n) is 16.2. The number of carbonyl (C=O) groups is 2. The van der Waals surface area contributed by atoms with E-state index < -0.39 is 0 Å². The molecule has 0 saturated heterocycles. The van der Waals surface area contributed by atoms with Crippen molar-refractivity contribution in [2.75, 3.05) is 32.2 Å². The summed E-state index contributed by atoms with van der Waals surface area (Å²) in [4.78, 5) is 23.8. The molecule has 2 aromatic carbocycles. The van der Waals surface area contributed by atoms with Gasteiger partial charge in [0.15, 0.2) is 6.61 Å². The molecule has 0 saturated carbocycles. The number of unbranched alkanes of at least 4 members (excludes halogenated alkanes) is 1. The van der Waals surface area contributed by atoms with E-state index in [0.29, 0.717) is 23.8 Å². The molecular formula is C21H26N2O5. The van der Waals surface area contributed by atoms with E-state index in [0.717, 1.165) is 18.6 Å². The van der Waals surface area contributed by atoms with Crippen molar-refractivity contribution in [2.24, 2.45) is 0 Å². The van der Waals surface area contributed by atoms with Gasteiger partial charge < -0.3 is 24.8 Å². The minimum atomic E-state index is -0.384. The molecule has 0 spiro atoms. The molecule has 2 aromatic rings. The molecule has 0 bridgehead atoms. The minimum absolute atomic E-state index is 0.139. The first-order chi connectivity index (χ1) is 13.6. The van der Waals surface area contributed by atoms with Gasteiger partial charge in [-0.2, -0.15) is 0 Å². The van der Waals surface area contributed by atoms with Crippen LogP contribution in [0.4, 0.5) is 5.69 Å². The summed E-state index contributed by atoms with van der Waals surface area (Å²) in [5.74, 6) is 1.30. The molecule has 0 radical (unpaired) electrons. The lowest BCUT2D eigenvalue weighted by molar-refractivity contribution is -0.125. The first kappa shape index (κ1) is 21.1. The predicted octanol–water partition coefficient (Wildman–Crippen LogP) is 3.01. The molecular weight excluding hydrogens is 360 g/mol. The number of benzene rings is 2. The molecule has 0 heterocycles. The van der Waals surface area contributed by atoms with E-state index in [1.807, 2.05) is 0 Å². The third kappa shape index (κ3) is 7.57. The van der Waals surface area contributed by atoms with Crippen molar-refractivity contribution in [1.29, 1.82) is 0 Å². The molecule has 2 rings (SSSR count). The van der Waals surface area contributed by atoms with Gasteiger partial charge in [-0.3, -0.25) is 9.59 Å². The van der Waals surface area contributed by atoms with Crippen LogP contribution in [0.25, 0.3) is 0 Å². The predicted molar refractivity (Wildman–Crippen MR) is 107 cm³/mol. The topological polar surface area (TPSA) is 85.9 Å². The largest absolute Gasteiger partial charge is 0.497 e. The Bertz CT molecular complexity index is 744. The van der Waals surface area contributed by atoms with Crippen LogP contribution in [0, 0.1) is 0 Å². The first-order valence-corrected chi connectivity index (χ1v) is 9.17. The second-order valence-electron chi connectivity index (χ2n) is 6.02. The van der Waals surface area contributed by atoms with Crippen LogP contribution in [0.3, 0.4) is 0 Å². The smallest absolute Gasteiger partial charge is 0.258 e. The van der Waals surface area contributed by atoms with Gasteiger partial charge in [0.25, 0.3) is 5.91 Å². The monoisotopic (exact) mass is 386 g/mol. The van der Waals surface area contributed by atoms with E-state index in [1.165, 1.54) is 0 Å². The molecule has 0 aliphatic carbocycles. The summed E-state index contributed by atoms with van der Waals surface area (Å²) in [7, 11) is 1.57. The van der Waals surface area contributed by atoms with Crippen molar-refractivity contribution in [3.05, 3.63) is 48.5 Å². The summed E-state index contributed by atoms with van der Waals surface area (Å²) >= 11 is 0. The number of hydrogen-bond donors (Lipinski definition) is 2. The van der Waals surface area contributed by atoms with E-state index >= 15 is 0 Å². The normalized spacial score (nSPS) is 10.1. The van der Waals surface area contributed by atoms with Crippen molar-refractivity contribution in [1.82, 2.24) is 5.32 Å². The number of hydrogen-bond acceptors (Lipinski definition) is 5. The maximum atomic E-state index is 11.9. The zero-order chi connectivity index (χ0) is 20.2. The highest BCUT2D eigenvalue weighted by molar-refractivity contribution is 5.94. The fourth-order valence-electron chi connectivity index (χ4n) is 2.22. The highest BCUT2D eigenvalue weighted by Crippen LogP contribution is 2.17. The van der Waals surface area contributed by atoms with Gasteiger partial charge in [0.2, 0.25) is 5.91 Å².